The van der Waals surface area contributed by atoms with Gasteiger partial charge in [-0.05, 0) is 48.9 Å². The molecule has 2 amide bonds. The molecule has 0 saturated heterocycles. The summed E-state index contributed by atoms with van der Waals surface area (Å²) in [6.45, 7) is 7.59. The Hall–Kier alpha value is -4.16. The molecule has 0 radical (unpaired) electrons. The topological polar surface area (TPSA) is 159 Å². The second kappa shape index (κ2) is 14.5. The number of carboxylic acid groups (broad SMARTS) is 2. The number of aliphatic carboxylic acids is 2. The molecule has 0 aliphatic rings. The largest absolute Gasteiger partial charge is 0.480 e. The van der Waals surface area contributed by atoms with Crippen molar-refractivity contribution in [2.75, 3.05) is 0 Å². The van der Waals surface area contributed by atoms with Gasteiger partial charge in [-0.3, -0.25) is 19.6 Å². The molecule has 230 valence electrons. The number of para-hydroxylation sites is 2. The summed E-state index contributed by atoms with van der Waals surface area (Å²) in [6, 6.07) is 12.7. The van der Waals surface area contributed by atoms with Gasteiger partial charge >= 0.3 is 11.9 Å². The molecule has 0 aliphatic heterocycles. The van der Waals surface area contributed by atoms with Crippen LogP contribution in [0, 0.1) is 11.8 Å². The van der Waals surface area contributed by atoms with E-state index in [0.29, 0.717) is 23.9 Å². The van der Waals surface area contributed by atoms with Crippen LogP contribution in [0.4, 0.5) is 0 Å². The highest BCUT2D eigenvalue weighted by molar-refractivity contribution is 8.76. The second-order valence-corrected chi connectivity index (χ2v) is 13.5. The minimum absolute atomic E-state index is 0.104. The molecule has 2 aromatic heterocycles. The average molecular weight is 635 g/mol. The number of carbonyl (C=O) groups excluding carboxylic acids is 2. The van der Waals surface area contributed by atoms with Crippen molar-refractivity contribution >= 4 is 67.1 Å². The van der Waals surface area contributed by atoms with E-state index in [1.54, 1.807) is 12.1 Å². The summed E-state index contributed by atoms with van der Waals surface area (Å²) in [7, 11) is 2.95. The third-order valence-corrected chi connectivity index (χ3v) is 9.14. The molecule has 10 nitrogen and oxygen atoms in total. The Labute approximate surface area is 262 Å². The molecule has 0 fully saturated rings. The normalized spacial score (nSPS) is 12.8. The molecule has 4 N–H and O–H groups in total. The highest BCUT2D eigenvalue weighted by atomic mass is 33.1. The first-order chi connectivity index (χ1) is 20.9. The lowest BCUT2D eigenvalue weighted by Crippen LogP contribution is -2.41. The van der Waals surface area contributed by atoms with Crippen LogP contribution in [0.3, 0.4) is 0 Å². The van der Waals surface area contributed by atoms with Gasteiger partial charge in [0.15, 0.2) is 0 Å². The van der Waals surface area contributed by atoms with Gasteiger partial charge in [0.1, 0.15) is 12.1 Å². The number of carboxylic acids is 2. The van der Waals surface area contributed by atoms with Crippen LogP contribution in [0.25, 0.3) is 21.8 Å². The van der Waals surface area contributed by atoms with Crippen LogP contribution >= 0.6 is 21.6 Å². The van der Waals surface area contributed by atoms with Gasteiger partial charge in [0, 0.05) is 33.0 Å². The van der Waals surface area contributed by atoms with Gasteiger partial charge in [0.25, 0.3) is 11.8 Å². The predicted molar refractivity (Wildman–Crippen MR) is 172 cm³/mol. The van der Waals surface area contributed by atoms with Crippen molar-refractivity contribution < 1.29 is 29.4 Å². The maximum atomic E-state index is 12.8. The molecule has 4 aromatic rings. The van der Waals surface area contributed by atoms with Crippen LogP contribution in [0.2, 0.25) is 0 Å². The van der Waals surface area contributed by atoms with Gasteiger partial charge in [-0.1, -0.05) is 73.5 Å². The first-order valence-electron chi connectivity index (χ1n) is 14.1. The minimum atomic E-state index is -1.08. The second-order valence-electron chi connectivity index (χ2n) is 11.3. The van der Waals surface area contributed by atoms with Crippen LogP contribution in [0.15, 0.2) is 70.7 Å². The molecule has 12 heteroatoms. The molecule has 0 unspecified atom stereocenters. The Morgan fingerprint density at radius 3 is 1.41 bits per heavy atom. The van der Waals surface area contributed by atoms with Gasteiger partial charge in [-0.25, -0.2) is 9.59 Å². The van der Waals surface area contributed by atoms with E-state index in [-0.39, 0.29) is 23.0 Å². The highest BCUT2D eigenvalue weighted by Gasteiger charge is 2.23. The lowest BCUT2D eigenvalue weighted by molar-refractivity contribution is -0.140. The summed E-state index contributed by atoms with van der Waals surface area (Å²) >= 11 is 0. The minimum Gasteiger partial charge on any atom is -0.480 e. The quantitative estimate of drug-likeness (QED) is 0.128. The Balaban J connectivity index is 1.50. The molecule has 44 heavy (non-hydrogen) atoms. The van der Waals surface area contributed by atoms with Crippen molar-refractivity contribution in [3.05, 3.63) is 72.1 Å². The van der Waals surface area contributed by atoms with E-state index in [0.717, 1.165) is 20.6 Å². The average Bonchev–Trinajstić information content (AvgIpc) is 2.98. The Kier molecular flexibility index (Phi) is 10.8. The summed E-state index contributed by atoms with van der Waals surface area (Å²) in [4.78, 5) is 59.6. The summed E-state index contributed by atoms with van der Waals surface area (Å²) in [6.07, 6.45) is 3.54. The standard InChI is InChI=1S/C32H34N4O6S2/c1-17(2)11-23(31(39)40)35-29(37)21-13-19-7-5-9-25(27(19)33-15-21)43-44-26-10-6-8-20-14-22(16-34-28(20)26)30(38)36-24(32(41)42)12-18(3)4/h5-10,13-18,23-24H,11-12H2,1-4H3,(H,35,37)(H,36,38)(H,39,40)(H,41,42)/t23-,24-/m0/s1. The maximum absolute atomic E-state index is 12.8. The number of nitrogens with one attached hydrogen (secondary N) is 2. The number of amides is 2. The molecule has 0 bridgehead atoms. The highest BCUT2D eigenvalue weighted by Crippen LogP contribution is 2.42. The van der Waals surface area contributed by atoms with Gasteiger partial charge in [-0.15, -0.1) is 0 Å². The van der Waals surface area contributed by atoms with Crippen LogP contribution in [-0.2, 0) is 9.59 Å². The number of benzene rings is 2. The Morgan fingerprint density at radius 1 is 0.682 bits per heavy atom. The smallest absolute Gasteiger partial charge is 0.326 e. The van der Waals surface area contributed by atoms with Crippen LogP contribution in [0.1, 0.15) is 61.3 Å². The molecule has 2 atom stereocenters. The lowest BCUT2D eigenvalue weighted by atomic mass is 10.0. The lowest BCUT2D eigenvalue weighted by Gasteiger charge is -2.16. The van der Waals surface area contributed by atoms with E-state index in [4.69, 9.17) is 0 Å². The summed E-state index contributed by atoms with van der Waals surface area (Å²) in [5, 5.41) is 25.6. The first kappa shape index (κ1) is 32.7. The molecular formula is C32H34N4O6S2. The van der Waals surface area contributed by atoms with Crippen molar-refractivity contribution in [1.29, 1.82) is 0 Å². The van der Waals surface area contributed by atoms with Crippen LogP contribution in [0.5, 0.6) is 0 Å². The zero-order chi connectivity index (χ0) is 32.0. The Morgan fingerprint density at radius 2 is 1.07 bits per heavy atom. The monoisotopic (exact) mass is 634 g/mol. The van der Waals surface area contributed by atoms with E-state index in [9.17, 15) is 29.4 Å². The fourth-order valence-electron chi connectivity index (χ4n) is 4.61. The van der Waals surface area contributed by atoms with Crippen LogP contribution in [-0.4, -0.2) is 56.0 Å². The number of carbonyl (C=O) groups is 4. The van der Waals surface area contributed by atoms with Crippen molar-refractivity contribution in [2.24, 2.45) is 11.8 Å². The number of rotatable bonds is 13. The number of aromatic nitrogens is 2. The molecule has 0 saturated carbocycles. The third-order valence-electron chi connectivity index (χ3n) is 6.71. The maximum Gasteiger partial charge on any atom is 0.326 e. The van der Waals surface area contributed by atoms with Crippen LogP contribution < -0.4 is 10.6 Å². The molecular weight excluding hydrogens is 601 g/mol. The molecule has 0 aliphatic carbocycles. The SMILES string of the molecule is CC(C)C[C@H](NC(=O)c1cnc2c(SSc3cccc4cc(C(=O)N[C@@H](CC(C)C)C(=O)O)cnc34)cccc2c1)C(=O)O. The number of hydrogen-bond acceptors (Lipinski definition) is 8. The summed E-state index contributed by atoms with van der Waals surface area (Å²) in [5.41, 5.74) is 1.94. The summed E-state index contributed by atoms with van der Waals surface area (Å²) in [5.74, 6) is -2.93. The van der Waals surface area contributed by atoms with Gasteiger partial charge < -0.3 is 20.8 Å². The van der Waals surface area contributed by atoms with Gasteiger partial charge in [0.05, 0.1) is 22.2 Å². The predicted octanol–water partition coefficient (Wildman–Crippen LogP) is 6.04. The van der Waals surface area contributed by atoms with Gasteiger partial charge in [0.2, 0.25) is 0 Å². The van der Waals surface area contributed by atoms with Crippen molar-refractivity contribution in [1.82, 2.24) is 20.6 Å². The fourth-order valence-corrected chi connectivity index (χ4v) is 6.90. The van der Waals surface area contributed by atoms with E-state index in [1.807, 2.05) is 64.1 Å². The third kappa shape index (κ3) is 8.26. The zero-order valence-electron chi connectivity index (χ0n) is 24.7. The molecule has 4 rings (SSSR count). The van der Waals surface area contributed by atoms with E-state index in [2.05, 4.69) is 20.6 Å². The van der Waals surface area contributed by atoms with E-state index in [1.165, 1.54) is 34.0 Å². The number of nitrogens with zero attached hydrogens (tertiary/aromatic N) is 2. The molecule has 2 aromatic carbocycles. The summed E-state index contributed by atoms with van der Waals surface area (Å²) < 4.78 is 0. The number of pyridine rings is 2. The first-order valence-corrected chi connectivity index (χ1v) is 16.3. The number of fused-ring (bicyclic) bond motifs is 2. The molecule has 0 spiro atoms. The van der Waals surface area contributed by atoms with Crippen molar-refractivity contribution in [3.8, 4) is 0 Å². The molecule has 2 heterocycles. The fraction of sp³-hybridized carbons (Fsp3) is 0.312. The van der Waals surface area contributed by atoms with Crippen molar-refractivity contribution in [3.63, 3.8) is 0 Å². The van der Waals surface area contributed by atoms with Gasteiger partial charge in [-0.2, -0.15) is 0 Å². The number of hydrogen-bond donors (Lipinski definition) is 4. The Bertz CT molecular complexity index is 1590. The van der Waals surface area contributed by atoms with Crippen molar-refractivity contribution in [2.45, 2.75) is 62.4 Å². The van der Waals surface area contributed by atoms with E-state index < -0.39 is 35.8 Å². The van der Waals surface area contributed by atoms with E-state index >= 15 is 0 Å². The zero-order valence-corrected chi connectivity index (χ0v) is 26.4.